The molecule has 86 valence electrons. The lowest BCUT2D eigenvalue weighted by molar-refractivity contribution is 0.0727. The van der Waals surface area contributed by atoms with E-state index in [1.165, 1.54) is 12.3 Å². The van der Waals surface area contributed by atoms with Crippen molar-refractivity contribution >= 4 is 29.2 Å². The first kappa shape index (κ1) is 11.9. The summed E-state index contributed by atoms with van der Waals surface area (Å²) >= 11 is 11.5. The maximum Gasteiger partial charge on any atom is 0.346 e. The smallest absolute Gasteiger partial charge is 0.346 e. The third-order valence-electron chi connectivity index (χ3n) is 1.99. The van der Waals surface area contributed by atoms with Crippen molar-refractivity contribution in [1.29, 1.82) is 0 Å². The number of hydrogen-bond acceptors (Lipinski definition) is 3. The van der Waals surface area contributed by atoms with Crippen molar-refractivity contribution in [3.63, 3.8) is 0 Å². The van der Waals surface area contributed by atoms with Gasteiger partial charge in [0.15, 0.2) is 0 Å². The van der Waals surface area contributed by atoms with Gasteiger partial charge in [-0.3, -0.25) is 0 Å². The summed E-state index contributed by atoms with van der Waals surface area (Å²) in [6.07, 6.45) is 1.40. The largest absolute Gasteiger partial charge is 0.404 e. The minimum Gasteiger partial charge on any atom is -0.404 e. The SMILES string of the molecule is O=C(Oc1ccc(Cl)cn1)c1ccccc1Cl. The molecular formula is C12H7Cl2NO2. The molecule has 0 aliphatic heterocycles. The van der Waals surface area contributed by atoms with Crippen LogP contribution in [0.2, 0.25) is 10.0 Å². The van der Waals surface area contributed by atoms with Gasteiger partial charge in [0.05, 0.1) is 15.6 Å². The molecule has 0 aliphatic carbocycles. The molecule has 2 aromatic rings. The normalized spacial score (nSPS) is 10.0. The molecule has 0 spiro atoms. The third-order valence-corrected chi connectivity index (χ3v) is 2.54. The van der Waals surface area contributed by atoms with Crippen molar-refractivity contribution in [3.05, 3.63) is 58.2 Å². The topological polar surface area (TPSA) is 39.2 Å². The van der Waals surface area contributed by atoms with Gasteiger partial charge in [-0.2, -0.15) is 0 Å². The number of halogens is 2. The molecule has 3 nitrogen and oxygen atoms in total. The van der Waals surface area contributed by atoms with Crippen LogP contribution in [0.3, 0.4) is 0 Å². The van der Waals surface area contributed by atoms with Crippen molar-refractivity contribution in [2.45, 2.75) is 0 Å². The molecule has 1 aromatic carbocycles. The number of nitrogens with zero attached hydrogens (tertiary/aromatic N) is 1. The number of pyridine rings is 1. The van der Waals surface area contributed by atoms with Crippen molar-refractivity contribution < 1.29 is 9.53 Å². The average molecular weight is 268 g/mol. The number of aromatic nitrogens is 1. The van der Waals surface area contributed by atoms with Gasteiger partial charge in [0, 0.05) is 12.3 Å². The number of rotatable bonds is 2. The first-order chi connectivity index (χ1) is 8.16. The zero-order valence-corrected chi connectivity index (χ0v) is 10.1. The van der Waals surface area contributed by atoms with Crippen molar-refractivity contribution in [1.82, 2.24) is 4.98 Å². The van der Waals surface area contributed by atoms with Gasteiger partial charge in [-0.1, -0.05) is 35.3 Å². The lowest BCUT2D eigenvalue weighted by atomic mass is 10.2. The fourth-order valence-electron chi connectivity index (χ4n) is 1.20. The Kier molecular flexibility index (Phi) is 3.61. The molecule has 0 bridgehead atoms. The molecule has 0 aliphatic rings. The second-order valence-corrected chi connectivity index (χ2v) is 4.03. The van der Waals surface area contributed by atoms with E-state index < -0.39 is 5.97 Å². The van der Waals surface area contributed by atoms with Gasteiger partial charge in [0.2, 0.25) is 5.88 Å². The Labute approximate surface area is 108 Å². The van der Waals surface area contributed by atoms with Crippen molar-refractivity contribution in [3.8, 4) is 5.88 Å². The number of ether oxygens (including phenoxy) is 1. The van der Waals surface area contributed by atoms with Crippen LogP contribution in [0.5, 0.6) is 5.88 Å². The van der Waals surface area contributed by atoms with Gasteiger partial charge in [-0.15, -0.1) is 0 Å². The first-order valence-electron chi connectivity index (χ1n) is 4.75. The molecule has 17 heavy (non-hydrogen) atoms. The van der Waals surface area contributed by atoms with Crippen LogP contribution in [0.25, 0.3) is 0 Å². The molecule has 1 aromatic heterocycles. The Hall–Kier alpha value is -1.58. The van der Waals surface area contributed by atoms with Crippen molar-refractivity contribution in [2.75, 3.05) is 0 Å². The zero-order chi connectivity index (χ0) is 12.3. The van der Waals surface area contributed by atoms with Crippen LogP contribution in [0.4, 0.5) is 0 Å². The van der Waals surface area contributed by atoms with Gasteiger partial charge in [0.25, 0.3) is 0 Å². The predicted octanol–water partition coefficient (Wildman–Crippen LogP) is 3.61. The van der Waals surface area contributed by atoms with Crippen LogP contribution in [-0.2, 0) is 0 Å². The van der Waals surface area contributed by atoms with E-state index in [0.29, 0.717) is 15.6 Å². The Balaban J connectivity index is 2.17. The summed E-state index contributed by atoms with van der Waals surface area (Å²) in [5, 5.41) is 0.814. The van der Waals surface area contributed by atoms with E-state index in [4.69, 9.17) is 27.9 Å². The molecule has 2 rings (SSSR count). The summed E-state index contributed by atoms with van der Waals surface area (Å²) in [5.41, 5.74) is 0.297. The Bertz CT molecular complexity index is 540. The number of carbonyl (C=O) groups is 1. The summed E-state index contributed by atoms with van der Waals surface area (Å²) in [6, 6.07) is 9.74. The van der Waals surface area contributed by atoms with E-state index in [0.717, 1.165) is 0 Å². The van der Waals surface area contributed by atoms with E-state index in [2.05, 4.69) is 4.98 Å². The second-order valence-electron chi connectivity index (χ2n) is 3.18. The Morgan fingerprint density at radius 3 is 2.53 bits per heavy atom. The minimum atomic E-state index is -0.551. The zero-order valence-electron chi connectivity index (χ0n) is 8.56. The summed E-state index contributed by atoms with van der Waals surface area (Å²) in [4.78, 5) is 15.6. The monoisotopic (exact) mass is 267 g/mol. The van der Waals surface area contributed by atoms with Gasteiger partial charge in [0.1, 0.15) is 0 Å². The van der Waals surface area contributed by atoms with Gasteiger partial charge in [-0.25, -0.2) is 9.78 Å². The first-order valence-corrected chi connectivity index (χ1v) is 5.50. The summed E-state index contributed by atoms with van der Waals surface area (Å²) < 4.78 is 5.04. The van der Waals surface area contributed by atoms with Crippen LogP contribution in [-0.4, -0.2) is 11.0 Å². The van der Waals surface area contributed by atoms with E-state index >= 15 is 0 Å². The molecule has 0 N–H and O–H groups in total. The Morgan fingerprint density at radius 2 is 1.88 bits per heavy atom. The summed E-state index contributed by atoms with van der Waals surface area (Å²) in [6.45, 7) is 0. The molecule has 0 radical (unpaired) electrons. The number of benzene rings is 1. The number of hydrogen-bond donors (Lipinski definition) is 0. The van der Waals surface area contributed by atoms with Gasteiger partial charge < -0.3 is 4.74 Å². The third kappa shape index (κ3) is 2.96. The molecule has 0 saturated heterocycles. The molecule has 0 atom stereocenters. The Morgan fingerprint density at radius 1 is 1.12 bits per heavy atom. The average Bonchev–Trinajstić information content (AvgIpc) is 2.32. The lowest BCUT2D eigenvalue weighted by Crippen LogP contribution is -2.09. The van der Waals surface area contributed by atoms with Gasteiger partial charge in [-0.05, 0) is 18.2 Å². The van der Waals surface area contributed by atoms with E-state index in [1.807, 2.05) is 0 Å². The molecule has 5 heteroatoms. The molecule has 0 fully saturated rings. The quantitative estimate of drug-likeness (QED) is 0.781. The molecule has 0 saturated carbocycles. The highest BCUT2D eigenvalue weighted by Crippen LogP contribution is 2.18. The predicted molar refractivity (Wildman–Crippen MR) is 65.7 cm³/mol. The lowest BCUT2D eigenvalue weighted by Gasteiger charge is -2.04. The minimum absolute atomic E-state index is 0.180. The van der Waals surface area contributed by atoms with Crippen LogP contribution < -0.4 is 4.74 Å². The van der Waals surface area contributed by atoms with Crippen LogP contribution in [0.1, 0.15) is 10.4 Å². The van der Waals surface area contributed by atoms with E-state index in [1.54, 1.807) is 30.3 Å². The van der Waals surface area contributed by atoms with Crippen molar-refractivity contribution in [2.24, 2.45) is 0 Å². The molecule has 0 unspecified atom stereocenters. The van der Waals surface area contributed by atoms with Crippen LogP contribution in [0.15, 0.2) is 42.6 Å². The van der Waals surface area contributed by atoms with E-state index in [9.17, 15) is 4.79 Å². The number of esters is 1. The maximum atomic E-state index is 11.7. The highest BCUT2D eigenvalue weighted by Gasteiger charge is 2.12. The highest BCUT2D eigenvalue weighted by molar-refractivity contribution is 6.33. The molecular weight excluding hydrogens is 261 g/mol. The fraction of sp³-hybridized carbons (Fsp3) is 0. The van der Waals surface area contributed by atoms with Crippen LogP contribution in [0, 0.1) is 0 Å². The molecule has 0 amide bonds. The van der Waals surface area contributed by atoms with E-state index in [-0.39, 0.29) is 5.88 Å². The highest BCUT2D eigenvalue weighted by atomic mass is 35.5. The second kappa shape index (κ2) is 5.17. The molecule has 1 heterocycles. The standard InChI is InChI=1S/C12H7Cl2NO2/c13-8-5-6-11(15-7-8)17-12(16)9-3-1-2-4-10(9)14/h1-7H. The number of carbonyl (C=O) groups excluding carboxylic acids is 1. The summed E-state index contributed by atoms with van der Waals surface area (Å²) in [7, 11) is 0. The van der Waals surface area contributed by atoms with Gasteiger partial charge >= 0.3 is 5.97 Å². The summed E-state index contributed by atoms with van der Waals surface area (Å²) in [5.74, 6) is -0.371. The fourth-order valence-corrected chi connectivity index (χ4v) is 1.52. The van der Waals surface area contributed by atoms with Crippen LogP contribution >= 0.6 is 23.2 Å². The maximum absolute atomic E-state index is 11.7.